The highest BCUT2D eigenvalue weighted by atomic mass is 19.4. The Morgan fingerprint density at radius 2 is 2.05 bits per heavy atom. The summed E-state index contributed by atoms with van der Waals surface area (Å²) < 4.78 is 36.7. The molecule has 1 aliphatic rings. The lowest BCUT2D eigenvalue weighted by molar-refractivity contribution is -0.143. The van der Waals surface area contributed by atoms with Crippen LogP contribution in [0.4, 0.5) is 13.2 Å². The zero-order valence-electron chi connectivity index (χ0n) is 10.7. The third-order valence-corrected chi connectivity index (χ3v) is 3.28. The van der Waals surface area contributed by atoms with E-state index in [1.165, 1.54) is 4.90 Å². The summed E-state index contributed by atoms with van der Waals surface area (Å²) in [5, 5.41) is 3.29. The van der Waals surface area contributed by atoms with Gasteiger partial charge in [0.25, 0.3) is 0 Å². The summed E-state index contributed by atoms with van der Waals surface area (Å²) in [7, 11) is 0. The van der Waals surface area contributed by atoms with Gasteiger partial charge in [-0.3, -0.25) is 9.88 Å². The molecule has 1 saturated heterocycles. The molecule has 0 aromatic carbocycles. The Balaban J connectivity index is 1.66. The van der Waals surface area contributed by atoms with E-state index in [1.54, 1.807) is 12.4 Å². The second kappa shape index (κ2) is 6.34. The van der Waals surface area contributed by atoms with Crippen molar-refractivity contribution in [2.45, 2.75) is 19.1 Å². The number of halogens is 3. The van der Waals surface area contributed by atoms with Crippen molar-refractivity contribution in [1.82, 2.24) is 15.2 Å². The average Bonchev–Trinajstić information content (AvgIpc) is 2.76. The zero-order chi connectivity index (χ0) is 13.7. The Hall–Kier alpha value is -1.14. The molecule has 106 valence electrons. The van der Waals surface area contributed by atoms with Crippen molar-refractivity contribution in [2.24, 2.45) is 5.92 Å². The second-order valence-corrected chi connectivity index (χ2v) is 4.99. The first kappa shape index (κ1) is 14.3. The smallest absolute Gasteiger partial charge is 0.312 e. The predicted molar refractivity (Wildman–Crippen MR) is 66.5 cm³/mol. The van der Waals surface area contributed by atoms with Gasteiger partial charge in [0, 0.05) is 25.5 Å². The van der Waals surface area contributed by atoms with Crippen molar-refractivity contribution < 1.29 is 13.2 Å². The Kier molecular flexibility index (Phi) is 4.76. The van der Waals surface area contributed by atoms with E-state index in [1.807, 2.05) is 12.1 Å². The average molecular weight is 273 g/mol. The number of rotatable bonds is 5. The van der Waals surface area contributed by atoms with E-state index in [0.717, 1.165) is 25.1 Å². The van der Waals surface area contributed by atoms with Gasteiger partial charge < -0.3 is 5.32 Å². The molecule has 0 spiro atoms. The minimum atomic E-state index is -4.08. The number of aromatic nitrogens is 1. The molecule has 0 amide bonds. The van der Waals surface area contributed by atoms with Crippen LogP contribution in [-0.4, -0.2) is 42.2 Å². The van der Waals surface area contributed by atoms with Gasteiger partial charge in [-0.2, -0.15) is 13.2 Å². The van der Waals surface area contributed by atoms with Gasteiger partial charge in [0.1, 0.15) is 0 Å². The van der Waals surface area contributed by atoms with Gasteiger partial charge in [-0.25, -0.2) is 0 Å². The number of alkyl halides is 3. The van der Waals surface area contributed by atoms with Gasteiger partial charge in [-0.05, 0) is 43.1 Å². The normalized spacial score (nSPS) is 20.9. The van der Waals surface area contributed by atoms with Crippen molar-refractivity contribution >= 4 is 0 Å². The van der Waals surface area contributed by atoms with E-state index in [0.29, 0.717) is 19.0 Å². The quantitative estimate of drug-likeness (QED) is 0.890. The summed E-state index contributed by atoms with van der Waals surface area (Å²) in [6.45, 7) is 1.78. The first-order valence-electron chi connectivity index (χ1n) is 6.42. The molecular formula is C13H18F3N3. The molecule has 1 fully saturated rings. The highest BCUT2D eigenvalue weighted by molar-refractivity contribution is 5.08. The zero-order valence-corrected chi connectivity index (χ0v) is 10.7. The second-order valence-electron chi connectivity index (χ2n) is 4.99. The lowest BCUT2D eigenvalue weighted by atomic mass is 10.1. The van der Waals surface area contributed by atoms with Crippen LogP contribution in [0.15, 0.2) is 24.5 Å². The molecule has 2 rings (SSSR count). The largest absolute Gasteiger partial charge is 0.401 e. The number of pyridine rings is 1. The molecular weight excluding hydrogens is 255 g/mol. The molecule has 0 aliphatic carbocycles. The van der Waals surface area contributed by atoms with Crippen molar-refractivity contribution in [3.8, 4) is 0 Å². The molecule has 1 aromatic heterocycles. The van der Waals surface area contributed by atoms with Crippen molar-refractivity contribution in [3.63, 3.8) is 0 Å². The third kappa shape index (κ3) is 5.16. The predicted octanol–water partition coefficient (Wildman–Crippen LogP) is 2.06. The summed E-state index contributed by atoms with van der Waals surface area (Å²) in [5.74, 6) is 0.309. The van der Waals surface area contributed by atoms with Crippen LogP contribution >= 0.6 is 0 Å². The van der Waals surface area contributed by atoms with Crippen LogP contribution in [0.2, 0.25) is 0 Å². The van der Waals surface area contributed by atoms with Crippen LogP contribution in [0.25, 0.3) is 0 Å². The fourth-order valence-corrected chi connectivity index (χ4v) is 2.40. The molecule has 0 bridgehead atoms. The van der Waals surface area contributed by atoms with E-state index < -0.39 is 12.7 Å². The molecule has 1 aliphatic heterocycles. The van der Waals surface area contributed by atoms with Crippen molar-refractivity contribution in [2.75, 3.05) is 26.2 Å². The molecule has 1 atom stereocenters. The summed E-state index contributed by atoms with van der Waals surface area (Å²) in [6, 6.07) is 3.86. The first-order valence-corrected chi connectivity index (χ1v) is 6.42. The Morgan fingerprint density at radius 3 is 2.74 bits per heavy atom. The maximum Gasteiger partial charge on any atom is 0.401 e. The number of hydrogen-bond donors (Lipinski definition) is 1. The first-order chi connectivity index (χ1) is 9.03. The van der Waals surface area contributed by atoms with E-state index >= 15 is 0 Å². The lowest BCUT2D eigenvalue weighted by Gasteiger charge is -2.18. The van der Waals surface area contributed by atoms with Crippen LogP contribution in [0.3, 0.4) is 0 Å². The maximum atomic E-state index is 12.2. The SMILES string of the molecule is FC(F)(F)CN1CCC(CNCc2ccncc2)C1. The fourth-order valence-electron chi connectivity index (χ4n) is 2.40. The van der Waals surface area contributed by atoms with Gasteiger partial charge in [0.2, 0.25) is 0 Å². The Bertz CT molecular complexity index is 380. The highest BCUT2D eigenvalue weighted by Gasteiger charge is 2.34. The summed E-state index contributed by atoms with van der Waals surface area (Å²) >= 11 is 0. The van der Waals surface area contributed by atoms with Gasteiger partial charge in [0.15, 0.2) is 0 Å². The Morgan fingerprint density at radius 1 is 1.32 bits per heavy atom. The molecule has 2 heterocycles. The molecule has 0 radical (unpaired) electrons. The summed E-state index contributed by atoms with van der Waals surface area (Å²) in [6.07, 6.45) is 0.216. The molecule has 6 heteroatoms. The Labute approximate surface area is 110 Å². The van der Waals surface area contributed by atoms with Crippen molar-refractivity contribution in [3.05, 3.63) is 30.1 Å². The standard InChI is InChI=1S/C13H18F3N3/c14-13(15,16)10-19-6-3-12(9-19)8-18-7-11-1-4-17-5-2-11/h1-2,4-5,12,18H,3,6-10H2. The van der Waals surface area contributed by atoms with Gasteiger partial charge in [0.05, 0.1) is 6.54 Å². The number of nitrogens with one attached hydrogen (secondary N) is 1. The number of likely N-dealkylation sites (tertiary alicyclic amines) is 1. The summed E-state index contributed by atoms with van der Waals surface area (Å²) in [4.78, 5) is 5.42. The molecule has 0 saturated carbocycles. The third-order valence-electron chi connectivity index (χ3n) is 3.28. The van der Waals surface area contributed by atoms with Crippen LogP contribution in [-0.2, 0) is 6.54 Å². The van der Waals surface area contributed by atoms with Gasteiger partial charge in [-0.1, -0.05) is 0 Å². The maximum absolute atomic E-state index is 12.2. The molecule has 1 N–H and O–H groups in total. The van der Waals surface area contributed by atoms with E-state index in [2.05, 4.69) is 10.3 Å². The van der Waals surface area contributed by atoms with Crippen LogP contribution in [0.1, 0.15) is 12.0 Å². The fraction of sp³-hybridized carbons (Fsp3) is 0.615. The van der Waals surface area contributed by atoms with E-state index in [-0.39, 0.29) is 0 Å². The highest BCUT2D eigenvalue weighted by Crippen LogP contribution is 2.22. The van der Waals surface area contributed by atoms with E-state index in [9.17, 15) is 13.2 Å². The monoisotopic (exact) mass is 273 g/mol. The minimum Gasteiger partial charge on any atom is -0.312 e. The molecule has 1 unspecified atom stereocenters. The van der Waals surface area contributed by atoms with Gasteiger partial charge in [-0.15, -0.1) is 0 Å². The molecule has 19 heavy (non-hydrogen) atoms. The molecule has 1 aromatic rings. The van der Waals surface area contributed by atoms with Crippen LogP contribution < -0.4 is 5.32 Å². The lowest BCUT2D eigenvalue weighted by Crippen LogP contribution is -2.33. The van der Waals surface area contributed by atoms with E-state index in [4.69, 9.17) is 0 Å². The molecule has 3 nitrogen and oxygen atoms in total. The van der Waals surface area contributed by atoms with Gasteiger partial charge >= 0.3 is 6.18 Å². The van der Waals surface area contributed by atoms with Crippen molar-refractivity contribution in [1.29, 1.82) is 0 Å². The van der Waals surface area contributed by atoms with Crippen LogP contribution in [0.5, 0.6) is 0 Å². The van der Waals surface area contributed by atoms with Crippen LogP contribution in [0, 0.1) is 5.92 Å². The topological polar surface area (TPSA) is 28.2 Å². The summed E-state index contributed by atoms with van der Waals surface area (Å²) in [5.41, 5.74) is 1.14. The minimum absolute atomic E-state index is 0.309. The number of hydrogen-bond acceptors (Lipinski definition) is 3. The number of nitrogens with zero attached hydrogens (tertiary/aromatic N) is 2.